The molecule has 0 spiro atoms. The number of hydrogen-bond donors (Lipinski definition) is 2. The zero-order valence-electron chi connectivity index (χ0n) is 18.2. The second-order valence-corrected chi connectivity index (χ2v) is 8.40. The molecule has 2 aromatic rings. The topological polar surface area (TPSA) is 86.9 Å². The van der Waals surface area contributed by atoms with E-state index in [1.807, 2.05) is 24.4 Å². The highest BCUT2D eigenvalue weighted by Crippen LogP contribution is 2.35. The van der Waals surface area contributed by atoms with Gasteiger partial charge in [-0.05, 0) is 30.2 Å². The molecular formula is C22H28F2N4O4. The highest BCUT2D eigenvalue weighted by atomic mass is 19.3. The van der Waals surface area contributed by atoms with E-state index in [0.717, 1.165) is 22.2 Å². The maximum atomic E-state index is 14.2. The number of carbonyl (C=O) groups is 2. The number of nitrogens with zero attached hydrogens (tertiary/aromatic N) is 2. The molecule has 1 atom stereocenters. The van der Waals surface area contributed by atoms with Gasteiger partial charge in [-0.3, -0.25) is 14.5 Å². The average Bonchev–Trinajstić information content (AvgIpc) is 3.26. The maximum absolute atomic E-state index is 14.2. The summed E-state index contributed by atoms with van der Waals surface area (Å²) in [5.74, 6) is -2.76. The van der Waals surface area contributed by atoms with Crippen LogP contribution in [0.25, 0.3) is 10.9 Å². The third kappa shape index (κ3) is 4.56. The molecule has 1 aromatic carbocycles. The number of H-pyrrole nitrogens is 1. The molecule has 2 N–H and O–H groups in total. The maximum Gasteiger partial charge on any atom is 0.262 e. The molecule has 1 aromatic heterocycles. The Morgan fingerprint density at radius 3 is 2.78 bits per heavy atom. The molecule has 2 aliphatic rings. The Morgan fingerprint density at radius 1 is 1.28 bits per heavy atom. The van der Waals surface area contributed by atoms with Gasteiger partial charge in [-0.2, -0.15) is 0 Å². The van der Waals surface area contributed by atoms with E-state index in [-0.39, 0.29) is 18.6 Å². The standard InChI is InChI=1S/C22H28F2N4O4/c1-31-12-20(29)27-10-15(11-27)28-13-22(23,24)8-19(28)21(30)25-6-5-14-9-26-18-4-3-16(32-2)7-17(14)18/h3-4,7,9,15,19,26H,5-6,8,10-13H2,1-2H3,(H,25,30)/t19-/m0/s1. The summed E-state index contributed by atoms with van der Waals surface area (Å²) in [4.78, 5) is 30.9. The fraction of sp³-hybridized carbons (Fsp3) is 0.545. The SMILES string of the molecule is COCC(=O)N1CC(N2CC(F)(F)C[C@H]2C(=O)NCCc2c[nH]c3ccc(OC)cc23)C1. The second-order valence-electron chi connectivity index (χ2n) is 8.40. The first-order valence-electron chi connectivity index (χ1n) is 10.6. The number of methoxy groups -OCH3 is 2. The normalized spacial score (nSPS) is 21.0. The molecule has 2 amide bonds. The van der Waals surface area contributed by atoms with Gasteiger partial charge in [-0.25, -0.2) is 8.78 Å². The molecule has 2 fully saturated rings. The number of likely N-dealkylation sites (tertiary alicyclic amines) is 2. The van der Waals surface area contributed by atoms with Gasteiger partial charge in [0.05, 0.1) is 19.7 Å². The molecule has 3 heterocycles. The smallest absolute Gasteiger partial charge is 0.262 e. The molecule has 10 heteroatoms. The summed E-state index contributed by atoms with van der Waals surface area (Å²) in [6, 6.07) is 4.56. The largest absolute Gasteiger partial charge is 0.497 e. The van der Waals surface area contributed by atoms with Crippen LogP contribution in [0.4, 0.5) is 8.78 Å². The third-order valence-corrected chi connectivity index (χ3v) is 6.23. The van der Waals surface area contributed by atoms with Crippen LogP contribution in [-0.4, -0.2) is 91.6 Å². The zero-order chi connectivity index (χ0) is 22.9. The number of fused-ring (bicyclic) bond motifs is 1. The number of aromatic amines is 1. The van der Waals surface area contributed by atoms with Gasteiger partial charge in [0.25, 0.3) is 5.92 Å². The van der Waals surface area contributed by atoms with Crippen LogP contribution in [0.5, 0.6) is 5.75 Å². The molecule has 4 rings (SSSR count). The molecule has 32 heavy (non-hydrogen) atoms. The minimum Gasteiger partial charge on any atom is -0.497 e. The number of nitrogens with one attached hydrogen (secondary N) is 2. The highest BCUT2D eigenvalue weighted by Gasteiger charge is 2.52. The van der Waals surface area contributed by atoms with Crippen molar-refractivity contribution in [2.24, 2.45) is 0 Å². The first-order valence-corrected chi connectivity index (χ1v) is 10.6. The van der Waals surface area contributed by atoms with Crippen molar-refractivity contribution in [2.75, 3.05) is 47.0 Å². The van der Waals surface area contributed by atoms with Crippen molar-refractivity contribution in [3.8, 4) is 5.75 Å². The van der Waals surface area contributed by atoms with Crippen molar-refractivity contribution in [1.82, 2.24) is 20.1 Å². The highest BCUT2D eigenvalue weighted by molar-refractivity contribution is 5.85. The summed E-state index contributed by atoms with van der Waals surface area (Å²) in [5.41, 5.74) is 1.98. The number of halogens is 2. The molecule has 0 unspecified atom stereocenters. The van der Waals surface area contributed by atoms with Crippen LogP contribution < -0.4 is 10.1 Å². The lowest BCUT2D eigenvalue weighted by Crippen LogP contribution is -2.64. The Balaban J connectivity index is 1.34. The minimum atomic E-state index is -2.92. The lowest BCUT2D eigenvalue weighted by molar-refractivity contribution is -0.144. The number of hydrogen-bond acceptors (Lipinski definition) is 5. The molecule has 2 saturated heterocycles. The van der Waals surface area contributed by atoms with Gasteiger partial charge in [-0.15, -0.1) is 0 Å². The van der Waals surface area contributed by atoms with Crippen molar-refractivity contribution in [2.45, 2.75) is 30.8 Å². The van der Waals surface area contributed by atoms with Crippen LogP contribution in [-0.2, 0) is 20.7 Å². The molecule has 174 valence electrons. The predicted octanol–water partition coefficient (Wildman–Crippen LogP) is 1.40. The van der Waals surface area contributed by atoms with Gasteiger partial charge >= 0.3 is 0 Å². The van der Waals surface area contributed by atoms with Gasteiger partial charge < -0.3 is 24.7 Å². The van der Waals surface area contributed by atoms with E-state index >= 15 is 0 Å². The lowest BCUT2D eigenvalue weighted by atomic mass is 10.1. The van der Waals surface area contributed by atoms with E-state index in [0.29, 0.717) is 26.1 Å². The molecule has 0 aliphatic carbocycles. The van der Waals surface area contributed by atoms with Gasteiger partial charge in [-0.1, -0.05) is 0 Å². The van der Waals surface area contributed by atoms with Crippen molar-refractivity contribution >= 4 is 22.7 Å². The molecule has 2 aliphatic heterocycles. The quantitative estimate of drug-likeness (QED) is 0.635. The summed E-state index contributed by atoms with van der Waals surface area (Å²) >= 11 is 0. The van der Waals surface area contributed by atoms with E-state index in [9.17, 15) is 18.4 Å². The van der Waals surface area contributed by atoms with Crippen LogP contribution in [0.15, 0.2) is 24.4 Å². The summed E-state index contributed by atoms with van der Waals surface area (Å²) in [6.45, 7) is 0.497. The lowest BCUT2D eigenvalue weighted by Gasteiger charge is -2.45. The minimum absolute atomic E-state index is 0.0352. The van der Waals surface area contributed by atoms with E-state index in [1.54, 1.807) is 16.9 Å². The van der Waals surface area contributed by atoms with Crippen molar-refractivity contribution in [3.63, 3.8) is 0 Å². The number of carbonyl (C=O) groups excluding carboxylic acids is 2. The van der Waals surface area contributed by atoms with Gasteiger partial charge in [0.15, 0.2) is 0 Å². The Bertz CT molecular complexity index is 989. The third-order valence-electron chi connectivity index (χ3n) is 6.23. The molecule has 8 nitrogen and oxygen atoms in total. The van der Waals surface area contributed by atoms with Gasteiger partial charge in [0.1, 0.15) is 12.4 Å². The summed E-state index contributed by atoms with van der Waals surface area (Å²) in [5, 5.41) is 3.82. The fourth-order valence-corrected chi connectivity index (χ4v) is 4.48. The van der Waals surface area contributed by atoms with E-state index in [4.69, 9.17) is 9.47 Å². The van der Waals surface area contributed by atoms with Crippen molar-refractivity contribution < 1.29 is 27.8 Å². The number of alkyl halides is 2. The van der Waals surface area contributed by atoms with Crippen LogP contribution in [0.1, 0.15) is 12.0 Å². The molecule has 0 radical (unpaired) electrons. The number of benzene rings is 1. The van der Waals surface area contributed by atoms with Crippen LogP contribution in [0.3, 0.4) is 0 Å². The first kappa shape index (κ1) is 22.5. The van der Waals surface area contributed by atoms with Crippen LogP contribution in [0, 0.1) is 0 Å². The van der Waals surface area contributed by atoms with E-state index < -0.39 is 30.8 Å². The fourth-order valence-electron chi connectivity index (χ4n) is 4.48. The molecule has 0 bridgehead atoms. The number of ether oxygens (including phenoxy) is 2. The molecular weight excluding hydrogens is 422 g/mol. The van der Waals surface area contributed by atoms with E-state index in [1.165, 1.54) is 7.11 Å². The Labute approximate surface area is 184 Å². The average molecular weight is 450 g/mol. The monoisotopic (exact) mass is 450 g/mol. The van der Waals surface area contributed by atoms with Crippen molar-refractivity contribution in [1.29, 1.82) is 0 Å². The van der Waals surface area contributed by atoms with Gasteiger partial charge in [0, 0.05) is 56.3 Å². The Morgan fingerprint density at radius 2 is 2.06 bits per heavy atom. The van der Waals surface area contributed by atoms with Crippen LogP contribution >= 0.6 is 0 Å². The van der Waals surface area contributed by atoms with E-state index in [2.05, 4.69) is 10.3 Å². The number of amides is 2. The first-order chi connectivity index (χ1) is 15.3. The van der Waals surface area contributed by atoms with Crippen LogP contribution in [0.2, 0.25) is 0 Å². The number of rotatable bonds is 8. The summed E-state index contributed by atoms with van der Waals surface area (Å²) < 4.78 is 38.4. The molecule has 0 saturated carbocycles. The Kier molecular flexibility index (Phi) is 6.34. The van der Waals surface area contributed by atoms with Gasteiger partial charge in [0.2, 0.25) is 11.8 Å². The predicted molar refractivity (Wildman–Crippen MR) is 114 cm³/mol. The summed E-state index contributed by atoms with van der Waals surface area (Å²) in [6.07, 6.45) is 1.93. The summed E-state index contributed by atoms with van der Waals surface area (Å²) in [7, 11) is 3.04. The second kappa shape index (κ2) is 9.03. The number of aromatic nitrogens is 1. The zero-order valence-corrected chi connectivity index (χ0v) is 18.2. The van der Waals surface area contributed by atoms with Crippen molar-refractivity contribution in [3.05, 3.63) is 30.0 Å². The Hall–Kier alpha value is -2.72.